The lowest BCUT2D eigenvalue weighted by molar-refractivity contribution is -0.139. The molecule has 2 heterocycles. The van der Waals surface area contributed by atoms with Gasteiger partial charge in [0.2, 0.25) is 11.8 Å². The number of nitrogens with zero attached hydrogens (tertiary/aromatic N) is 2. The molecule has 2 amide bonds. The van der Waals surface area contributed by atoms with Crippen molar-refractivity contribution in [3.8, 4) is 0 Å². The van der Waals surface area contributed by atoms with Gasteiger partial charge in [-0.1, -0.05) is 48.5 Å². The van der Waals surface area contributed by atoms with Crippen LogP contribution in [-0.4, -0.2) is 50.1 Å². The van der Waals surface area contributed by atoms with Gasteiger partial charge in [0.25, 0.3) is 0 Å². The molecule has 2 aliphatic heterocycles. The second-order valence-corrected chi connectivity index (χ2v) is 7.30. The Balaban J connectivity index is 1.74. The molecule has 2 aromatic carbocycles. The average molecular weight is 364 g/mol. The molecule has 0 bridgehead atoms. The number of rotatable bonds is 4. The molecule has 5 nitrogen and oxygen atoms in total. The Bertz CT molecular complexity index is 846. The van der Waals surface area contributed by atoms with Crippen LogP contribution in [0.5, 0.6) is 0 Å². The number of hydrogen-bond acceptors (Lipinski definition) is 3. The van der Waals surface area contributed by atoms with E-state index in [4.69, 9.17) is 4.74 Å². The summed E-state index contributed by atoms with van der Waals surface area (Å²) in [5, 5.41) is 0. The SMILES string of the molecule is CN1C(=O)[C@@](CC(=O)N2CCOCC2)(Cc2ccccc2)c2ccccc21. The van der Waals surface area contributed by atoms with Gasteiger partial charge in [0.1, 0.15) is 0 Å². The summed E-state index contributed by atoms with van der Waals surface area (Å²) in [6.07, 6.45) is 0.701. The number of hydrogen-bond donors (Lipinski definition) is 0. The smallest absolute Gasteiger partial charge is 0.238 e. The molecule has 5 heteroatoms. The third-order valence-electron chi connectivity index (χ3n) is 5.66. The van der Waals surface area contributed by atoms with E-state index >= 15 is 0 Å². The van der Waals surface area contributed by atoms with Crippen molar-refractivity contribution in [3.05, 3.63) is 65.7 Å². The summed E-state index contributed by atoms with van der Waals surface area (Å²) in [7, 11) is 1.80. The van der Waals surface area contributed by atoms with Crippen molar-refractivity contribution in [1.29, 1.82) is 0 Å². The molecule has 27 heavy (non-hydrogen) atoms. The second kappa shape index (κ2) is 7.16. The highest BCUT2D eigenvalue weighted by molar-refractivity contribution is 6.09. The standard InChI is InChI=1S/C22H24N2O3/c1-23-19-10-6-5-9-18(19)22(21(23)26,15-17-7-3-2-4-8-17)16-20(25)24-11-13-27-14-12-24/h2-10H,11-16H2,1H3/t22-/m1/s1. The molecule has 140 valence electrons. The van der Waals surface area contributed by atoms with Crippen LogP contribution in [0.3, 0.4) is 0 Å². The number of para-hydroxylation sites is 1. The molecule has 0 radical (unpaired) electrons. The Morgan fingerprint density at radius 3 is 2.44 bits per heavy atom. The van der Waals surface area contributed by atoms with E-state index in [0.29, 0.717) is 32.7 Å². The van der Waals surface area contributed by atoms with E-state index in [9.17, 15) is 9.59 Å². The number of fused-ring (bicyclic) bond motifs is 1. The van der Waals surface area contributed by atoms with Gasteiger partial charge in [0.15, 0.2) is 0 Å². The predicted octanol–water partition coefficient (Wildman–Crippen LogP) is 2.39. The Morgan fingerprint density at radius 1 is 1.04 bits per heavy atom. The summed E-state index contributed by atoms with van der Waals surface area (Å²) in [6, 6.07) is 17.8. The van der Waals surface area contributed by atoms with Crippen LogP contribution < -0.4 is 4.90 Å². The van der Waals surface area contributed by atoms with Crippen molar-refractivity contribution >= 4 is 17.5 Å². The zero-order valence-electron chi connectivity index (χ0n) is 15.6. The molecule has 2 aromatic rings. The van der Waals surface area contributed by atoms with Gasteiger partial charge in [0, 0.05) is 32.2 Å². The zero-order valence-corrected chi connectivity index (χ0v) is 15.6. The van der Waals surface area contributed by atoms with E-state index in [1.54, 1.807) is 11.9 Å². The lowest BCUT2D eigenvalue weighted by Gasteiger charge is -2.33. The van der Waals surface area contributed by atoms with Crippen LogP contribution in [-0.2, 0) is 26.2 Å². The van der Waals surface area contributed by atoms with Gasteiger partial charge in [-0.3, -0.25) is 9.59 Å². The van der Waals surface area contributed by atoms with Gasteiger partial charge < -0.3 is 14.5 Å². The highest BCUT2D eigenvalue weighted by Gasteiger charge is 2.51. The first-order valence-corrected chi connectivity index (χ1v) is 9.39. The van der Waals surface area contributed by atoms with Crippen molar-refractivity contribution < 1.29 is 14.3 Å². The van der Waals surface area contributed by atoms with Crippen LogP contribution in [0.2, 0.25) is 0 Å². The van der Waals surface area contributed by atoms with E-state index in [1.165, 1.54) is 0 Å². The first-order chi connectivity index (χ1) is 13.1. The maximum atomic E-state index is 13.4. The van der Waals surface area contributed by atoms with Crippen molar-refractivity contribution in [3.63, 3.8) is 0 Å². The summed E-state index contributed by atoms with van der Waals surface area (Å²) in [5.74, 6) is 0.0156. The maximum absolute atomic E-state index is 13.4. The number of benzene rings is 2. The van der Waals surface area contributed by atoms with Gasteiger partial charge in [-0.15, -0.1) is 0 Å². The molecule has 1 saturated heterocycles. The minimum absolute atomic E-state index is 0.00541. The molecular weight excluding hydrogens is 340 g/mol. The number of carbonyl (C=O) groups excluding carboxylic acids is 2. The number of amides is 2. The van der Waals surface area contributed by atoms with Gasteiger partial charge in [-0.25, -0.2) is 0 Å². The molecular formula is C22H24N2O3. The molecule has 0 unspecified atom stereocenters. The van der Waals surface area contributed by atoms with Gasteiger partial charge in [-0.2, -0.15) is 0 Å². The predicted molar refractivity (Wildman–Crippen MR) is 104 cm³/mol. The number of ether oxygens (including phenoxy) is 1. The summed E-state index contributed by atoms with van der Waals surface area (Å²) >= 11 is 0. The Kier molecular flexibility index (Phi) is 4.70. The zero-order chi connectivity index (χ0) is 18.9. The molecule has 0 spiro atoms. The topological polar surface area (TPSA) is 49.9 Å². The van der Waals surface area contributed by atoms with Crippen LogP contribution in [0.15, 0.2) is 54.6 Å². The first kappa shape index (κ1) is 17.7. The molecule has 1 atom stereocenters. The van der Waals surface area contributed by atoms with Crippen LogP contribution >= 0.6 is 0 Å². The minimum Gasteiger partial charge on any atom is -0.378 e. The highest BCUT2D eigenvalue weighted by atomic mass is 16.5. The summed E-state index contributed by atoms with van der Waals surface area (Å²) < 4.78 is 5.37. The number of likely N-dealkylation sites (N-methyl/N-ethyl adjacent to an activating group) is 1. The number of morpholine rings is 1. The van der Waals surface area contributed by atoms with Crippen molar-refractivity contribution in [2.75, 3.05) is 38.3 Å². The van der Waals surface area contributed by atoms with E-state index in [-0.39, 0.29) is 18.2 Å². The van der Waals surface area contributed by atoms with Crippen LogP contribution in [0.4, 0.5) is 5.69 Å². The van der Waals surface area contributed by atoms with Crippen molar-refractivity contribution in [2.24, 2.45) is 0 Å². The van der Waals surface area contributed by atoms with Crippen LogP contribution in [0.1, 0.15) is 17.5 Å². The summed E-state index contributed by atoms with van der Waals surface area (Å²) in [5.41, 5.74) is 2.05. The molecule has 2 aliphatic rings. The van der Waals surface area contributed by atoms with Crippen molar-refractivity contribution in [1.82, 2.24) is 4.90 Å². The Hall–Kier alpha value is -2.66. The normalized spacial score (nSPS) is 22.0. The van der Waals surface area contributed by atoms with E-state index < -0.39 is 5.41 Å². The summed E-state index contributed by atoms with van der Waals surface area (Å²) in [6.45, 7) is 2.29. The minimum atomic E-state index is -0.859. The highest BCUT2D eigenvalue weighted by Crippen LogP contribution is 2.45. The monoisotopic (exact) mass is 364 g/mol. The molecule has 0 aliphatic carbocycles. The number of anilines is 1. The Morgan fingerprint density at radius 2 is 1.70 bits per heavy atom. The lowest BCUT2D eigenvalue weighted by Crippen LogP contribution is -2.47. The molecule has 1 fully saturated rings. The third kappa shape index (κ3) is 3.12. The fourth-order valence-electron chi connectivity index (χ4n) is 4.25. The van der Waals surface area contributed by atoms with E-state index in [0.717, 1.165) is 16.8 Å². The average Bonchev–Trinajstić information content (AvgIpc) is 2.92. The van der Waals surface area contributed by atoms with Gasteiger partial charge in [0.05, 0.1) is 18.6 Å². The molecule has 0 N–H and O–H groups in total. The number of carbonyl (C=O) groups is 2. The summed E-state index contributed by atoms with van der Waals surface area (Å²) in [4.78, 5) is 30.1. The largest absolute Gasteiger partial charge is 0.378 e. The van der Waals surface area contributed by atoms with E-state index in [1.807, 2.05) is 59.5 Å². The molecule has 4 rings (SSSR count). The second-order valence-electron chi connectivity index (χ2n) is 7.30. The maximum Gasteiger partial charge on any atom is 0.238 e. The fraction of sp³-hybridized carbons (Fsp3) is 0.364. The fourth-order valence-corrected chi connectivity index (χ4v) is 4.25. The van der Waals surface area contributed by atoms with Crippen LogP contribution in [0, 0.1) is 0 Å². The van der Waals surface area contributed by atoms with Crippen LogP contribution in [0.25, 0.3) is 0 Å². The van der Waals surface area contributed by atoms with Gasteiger partial charge >= 0.3 is 0 Å². The van der Waals surface area contributed by atoms with E-state index in [2.05, 4.69) is 0 Å². The third-order valence-corrected chi connectivity index (χ3v) is 5.66. The first-order valence-electron chi connectivity index (χ1n) is 9.39. The lowest BCUT2D eigenvalue weighted by atomic mass is 9.73. The molecule has 0 aromatic heterocycles. The molecule has 0 saturated carbocycles. The quantitative estimate of drug-likeness (QED) is 0.837. The Labute approximate surface area is 159 Å². The van der Waals surface area contributed by atoms with Gasteiger partial charge in [-0.05, 0) is 23.6 Å². The van der Waals surface area contributed by atoms with Crippen molar-refractivity contribution in [2.45, 2.75) is 18.3 Å².